The van der Waals surface area contributed by atoms with Crippen molar-refractivity contribution in [2.24, 2.45) is 0 Å². The molecule has 0 aliphatic heterocycles. The summed E-state index contributed by atoms with van der Waals surface area (Å²) in [6.07, 6.45) is 2.69. The number of halogens is 1. The number of nitrogens with one attached hydrogen (secondary N) is 2. The third kappa shape index (κ3) is 4.71. The average molecular weight is 319 g/mol. The molecule has 0 bridgehead atoms. The fourth-order valence-electron chi connectivity index (χ4n) is 1.35. The van der Waals surface area contributed by atoms with E-state index in [1.807, 2.05) is 18.8 Å². The van der Waals surface area contributed by atoms with Crippen LogP contribution in [0.15, 0.2) is 10.8 Å². The van der Waals surface area contributed by atoms with Crippen LogP contribution in [0.3, 0.4) is 0 Å². The van der Waals surface area contributed by atoms with Crippen molar-refractivity contribution >= 4 is 39.3 Å². The largest absolute Gasteiger partial charge is 0.372 e. The Hall–Kier alpha value is -0.490. The van der Waals surface area contributed by atoms with Crippen molar-refractivity contribution in [3.05, 3.63) is 10.8 Å². The summed E-state index contributed by atoms with van der Waals surface area (Å²) in [4.78, 5) is 8.37. The quantitative estimate of drug-likeness (QED) is 0.756. The maximum Gasteiger partial charge on any atom is 0.146 e. The standard InChI is InChI=1S/C11H19BrN4S/c1-4-17-6-5-8(2)16-11-9(12)10(13-3)14-7-15-11/h7-8H,4-6H2,1-3H3,(H2,13,14,15,16). The first-order valence-corrected chi connectivity index (χ1v) is 7.66. The third-order valence-electron chi connectivity index (χ3n) is 2.31. The zero-order valence-corrected chi connectivity index (χ0v) is 12.9. The number of hydrogen-bond donors (Lipinski definition) is 2. The normalized spacial score (nSPS) is 12.2. The summed E-state index contributed by atoms with van der Waals surface area (Å²) < 4.78 is 0.887. The van der Waals surface area contributed by atoms with Gasteiger partial charge >= 0.3 is 0 Å². The second-order valence-corrected chi connectivity index (χ2v) is 5.85. The molecule has 96 valence electrons. The Bertz CT molecular complexity index is 348. The topological polar surface area (TPSA) is 49.8 Å². The molecular weight excluding hydrogens is 300 g/mol. The van der Waals surface area contributed by atoms with Crippen LogP contribution in [-0.4, -0.2) is 34.6 Å². The summed E-state index contributed by atoms with van der Waals surface area (Å²) >= 11 is 5.46. The molecule has 0 saturated carbocycles. The van der Waals surface area contributed by atoms with E-state index in [1.165, 1.54) is 11.5 Å². The molecule has 0 aromatic carbocycles. The van der Waals surface area contributed by atoms with Gasteiger partial charge in [0.2, 0.25) is 0 Å². The number of nitrogens with zero attached hydrogens (tertiary/aromatic N) is 2. The molecule has 1 atom stereocenters. The van der Waals surface area contributed by atoms with Crippen molar-refractivity contribution in [2.45, 2.75) is 26.3 Å². The summed E-state index contributed by atoms with van der Waals surface area (Å²) in [5, 5.41) is 6.41. The van der Waals surface area contributed by atoms with Crippen LogP contribution >= 0.6 is 27.7 Å². The zero-order chi connectivity index (χ0) is 12.7. The summed E-state index contributed by atoms with van der Waals surface area (Å²) in [6, 6.07) is 0.407. The molecular formula is C11H19BrN4S. The highest BCUT2D eigenvalue weighted by atomic mass is 79.9. The number of hydrogen-bond acceptors (Lipinski definition) is 5. The molecule has 4 nitrogen and oxygen atoms in total. The van der Waals surface area contributed by atoms with Crippen LogP contribution in [-0.2, 0) is 0 Å². The van der Waals surface area contributed by atoms with Crippen LogP contribution in [0.2, 0.25) is 0 Å². The molecule has 1 aromatic heterocycles. The Balaban J connectivity index is 2.55. The van der Waals surface area contributed by atoms with Gasteiger partial charge in [0.1, 0.15) is 22.4 Å². The summed E-state index contributed by atoms with van der Waals surface area (Å²) in [7, 11) is 1.85. The van der Waals surface area contributed by atoms with Crippen LogP contribution in [0.5, 0.6) is 0 Å². The van der Waals surface area contributed by atoms with Crippen LogP contribution in [0, 0.1) is 0 Å². The highest BCUT2D eigenvalue weighted by molar-refractivity contribution is 9.10. The fraction of sp³-hybridized carbons (Fsp3) is 0.636. The molecule has 0 radical (unpaired) electrons. The first-order valence-electron chi connectivity index (χ1n) is 5.71. The van der Waals surface area contributed by atoms with Crippen LogP contribution in [0.25, 0.3) is 0 Å². The van der Waals surface area contributed by atoms with Crippen molar-refractivity contribution in [2.75, 3.05) is 29.2 Å². The van der Waals surface area contributed by atoms with Crippen molar-refractivity contribution in [1.82, 2.24) is 9.97 Å². The van der Waals surface area contributed by atoms with Gasteiger partial charge < -0.3 is 10.6 Å². The lowest BCUT2D eigenvalue weighted by atomic mass is 10.2. The average Bonchev–Trinajstić information content (AvgIpc) is 2.32. The second kappa shape index (κ2) is 7.76. The van der Waals surface area contributed by atoms with Crippen LogP contribution in [0.1, 0.15) is 20.3 Å². The smallest absolute Gasteiger partial charge is 0.146 e. The predicted octanol–water partition coefficient (Wildman–Crippen LogP) is 3.22. The molecule has 0 aliphatic carbocycles. The van der Waals surface area contributed by atoms with Crippen molar-refractivity contribution in [3.63, 3.8) is 0 Å². The third-order valence-corrected chi connectivity index (χ3v) is 3.99. The molecule has 0 saturated heterocycles. The van der Waals surface area contributed by atoms with Gasteiger partial charge in [-0.3, -0.25) is 0 Å². The molecule has 0 fully saturated rings. The van der Waals surface area contributed by atoms with E-state index in [0.29, 0.717) is 6.04 Å². The SMILES string of the molecule is CCSCCC(C)Nc1ncnc(NC)c1Br. The highest BCUT2D eigenvalue weighted by Gasteiger charge is 2.09. The molecule has 2 N–H and O–H groups in total. The van der Waals surface area contributed by atoms with Gasteiger partial charge in [0.05, 0.1) is 0 Å². The van der Waals surface area contributed by atoms with E-state index < -0.39 is 0 Å². The first-order chi connectivity index (χ1) is 8.19. The molecule has 6 heteroatoms. The molecule has 1 heterocycles. The minimum absolute atomic E-state index is 0.407. The zero-order valence-electron chi connectivity index (χ0n) is 10.5. The van der Waals surface area contributed by atoms with Crippen molar-refractivity contribution in [3.8, 4) is 0 Å². The first kappa shape index (κ1) is 14.6. The lowest BCUT2D eigenvalue weighted by Gasteiger charge is -2.16. The van der Waals surface area contributed by atoms with Gasteiger partial charge in [0.15, 0.2) is 0 Å². The molecule has 0 aliphatic rings. The Morgan fingerprint density at radius 2 is 2.12 bits per heavy atom. The molecule has 0 amide bonds. The number of thioether (sulfide) groups is 1. The van der Waals surface area contributed by atoms with E-state index in [-0.39, 0.29) is 0 Å². The van der Waals surface area contributed by atoms with Crippen LogP contribution < -0.4 is 10.6 Å². The molecule has 0 spiro atoms. The number of rotatable bonds is 7. The molecule has 1 aromatic rings. The van der Waals surface area contributed by atoms with E-state index >= 15 is 0 Å². The van der Waals surface area contributed by atoms with E-state index in [1.54, 1.807) is 6.33 Å². The van der Waals surface area contributed by atoms with Gasteiger partial charge in [-0.25, -0.2) is 9.97 Å². The lowest BCUT2D eigenvalue weighted by molar-refractivity contribution is 0.765. The Morgan fingerprint density at radius 1 is 1.41 bits per heavy atom. The van der Waals surface area contributed by atoms with E-state index in [2.05, 4.69) is 50.4 Å². The Morgan fingerprint density at radius 3 is 2.76 bits per heavy atom. The van der Waals surface area contributed by atoms with E-state index in [0.717, 1.165) is 22.5 Å². The maximum atomic E-state index is 4.24. The van der Waals surface area contributed by atoms with Gasteiger partial charge in [0.25, 0.3) is 0 Å². The fourth-order valence-corrected chi connectivity index (χ4v) is 2.68. The summed E-state index contributed by atoms with van der Waals surface area (Å²) in [5.74, 6) is 4.00. The number of aromatic nitrogens is 2. The lowest BCUT2D eigenvalue weighted by Crippen LogP contribution is -2.17. The molecule has 1 rings (SSSR count). The molecule has 17 heavy (non-hydrogen) atoms. The minimum atomic E-state index is 0.407. The monoisotopic (exact) mass is 318 g/mol. The van der Waals surface area contributed by atoms with E-state index in [4.69, 9.17) is 0 Å². The Kier molecular flexibility index (Phi) is 6.65. The Labute approximate surface area is 116 Å². The van der Waals surface area contributed by atoms with Gasteiger partial charge in [-0.05, 0) is 40.8 Å². The van der Waals surface area contributed by atoms with Gasteiger partial charge in [-0.1, -0.05) is 6.92 Å². The number of anilines is 2. The summed E-state index contributed by atoms with van der Waals surface area (Å²) in [5.41, 5.74) is 0. The maximum absolute atomic E-state index is 4.24. The van der Waals surface area contributed by atoms with E-state index in [9.17, 15) is 0 Å². The highest BCUT2D eigenvalue weighted by Crippen LogP contribution is 2.26. The van der Waals surface area contributed by atoms with Gasteiger partial charge in [-0.2, -0.15) is 11.8 Å². The van der Waals surface area contributed by atoms with Gasteiger partial charge in [-0.15, -0.1) is 0 Å². The predicted molar refractivity (Wildman–Crippen MR) is 80.0 cm³/mol. The minimum Gasteiger partial charge on any atom is -0.372 e. The molecule has 1 unspecified atom stereocenters. The second-order valence-electron chi connectivity index (χ2n) is 3.67. The summed E-state index contributed by atoms with van der Waals surface area (Å²) in [6.45, 7) is 4.35. The van der Waals surface area contributed by atoms with Crippen molar-refractivity contribution < 1.29 is 0 Å². The van der Waals surface area contributed by atoms with Crippen molar-refractivity contribution in [1.29, 1.82) is 0 Å². The van der Waals surface area contributed by atoms with Gasteiger partial charge in [0, 0.05) is 13.1 Å². The van der Waals surface area contributed by atoms with Crippen LogP contribution in [0.4, 0.5) is 11.6 Å².